The van der Waals surface area contributed by atoms with E-state index in [1.807, 2.05) is 0 Å². The lowest BCUT2D eigenvalue weighted by molar-refractivity contribution is 0.102. The van der Waals surface area contributed by atoms with Gasteiger partial charge in [0.15, 0.2) is 0 Å². The van der Waals surface area contributed by atoms with Crippen LogP contribution in [0.2, 0.25) is 5.02 Å². The smallest absolute Gasteiger partial charge is 0.258 e. The van der Waals surface area contributed by atoms with Crippen molar-refractivity contribution >= 4 is 23.2 Å². The van der Waals surface area contributed by atoms with Gasteiger partial charge in [0.05, 0.1) is 17.4 Å². The van der Waals surface area contributed by atoms with Crippen LogP contribution in [0.4, 0.5) is 10.1 Å². The van der Waals surface area contributed by atoms with Crippen LogP contribution >= 0.6 is 11.6 Å². The lowest BCUT2D eigenvalue weighted by Gasteiger charge is -2.03. The lowest BCUT2D eigenvalue weighted by atomic mass is 10.2. The fourth-order valence-corrected chi connectivity index (χ4v) is 1.36. The molecule has 0 aliphatic carbocycles. The lowest BCUT2D eigenvalue weighted by Crippen LogP contribution is -2.13. The maximum Gasteiger partial charge on any atom is 0.258 e. The van der Waals surface area contributed by atoms with Gasteiger partial charge in [0.1, 0.15) is 5.82 Å². The molecule has 0 spiro atoms. The molecular weight excluding hydrogens is 233 g/mol. The van der Waals surface area contributed by atoms with E-state index in [9.17, 15) is 9.18 Å². The number of aromatic amines is 1. The molecule has 2 rings (SSSR count). The summed E-state index contributed by atoms with van der Waals surface area (Å²) in [6.45, 7) is 0. The van der Waals surface area contributed by atoms with E-state index in [1.54, 1.807) is 0 Å². The predicted molar refractivity (Wildman–Crippen MR) is 58.0 cm³/mol. The summed E-state index contributed by atoms with van der Waals surface area (Å²) in [6, 6.07) is 3.80. The molecule has 2 N–H and O–H groups in total. The van der Waals surface area contributed by atoms with Crippen molar-refractivity contribution in [3.05, 3.63) is 47.0 Å². The summed E-state index contributed by atoms with van der Waals surface area (Å²) in [5, 5.41) is 8.96. The third-order valence-electron chi connectivity index (χ3n) is 1.93. The highest BCUT2D eigenvalue weighted by atomic mass is 35.5. The molecular formula is C10H7ClFN3O. The Morgan fingerprint density at radius 2 is 2.31 bits per heavy atom. The van der Waals surface area contributed by atoms with Crippen LogP contribution in [-0.4, -0.2) is 16.1 Å². The number of H-pyrrole nitrogens is 1. The maximum atomic E-state index is 13.3. The van der Waals surface area contributed by atoms with Gasteiger partial charge < -0.3 is 5.32 Å². The Morgan fingerprint density at radius 3 is 3.00 bits per heavy atom. The molecule has 0 aliphatic rings. The van der Waals surface area contributed by atoms with Crippen molar-refractivity contribution in [2.75, 3.05) is 5.32 Å². The van der Waals surface area contributed by atoms with E-state index in [0.29, 0.717) is 10.7 Å². The Morgan fingerprint density at radius 1 is 1.50 bits per heavy atom. The summed E-state index contributed by atoms with van der Waals surface area (Å²) in [6.07, 6.45) is 2.90. The van der Waals surface area contributed by atoms with Gasteiger partial charge in [-0.25, -0.2) is 4.39 Å². The second-order valence-corrected chi connectivity index (χ2v) is 3.50. The first-order chi connectivity index (χ1) is 7.66. The average molecular weight is 240 g/mol. The Bertz CT molecular complexity index is 513. The highest BCUT2D eigenvalue weighted by Gasteiger charge is 2.12. The standard InChI is InChI=1S/C10H7ClFN3O/c11-6-1-2-9(12)8(3-6)10(16)15-7-4-13-14-5-7/h1-5H,(H,13,14)(H,15,16). The number of aromatic nitrogens is 2. The molecule has 16 heavy (non-hydrogen) atoms. The van der Waals surface area contributed by atoms with Crippen molar-refractivity contribution in [3.8, 4) is 0 Å². The number of nitrogens with zero attached hydrogens (tertiary/aromatic N) is 1. The second kappa shape index (κ2) is 4.32. The summed E-state index contributed by atoms with van der Waals surface area (Å²) in [7, 11) is 0. The molecule has 1 aromatic heterocycles. The van der Waals surface area contributed by atoms with Gasteiger partial charge in [-0.1, -0.05) is 11.6 Å². The van der Waals surface area contributed by atoms with Crippen LogP contribution in [0.15, 0.2) is 30.6 Å². The topological polar surface area (TPSA) is 57.8 Å². The van der Waals surface area contributed by atoms with Crippen LogP contribution in [0.3, 0.4) is 0 Å². The van der Waals surface area contributed by atoms with E-state index in [0.717, 1.165) is 6.07 Å². The Balaban J connectivity index is 2.24. The minimum Gasteiger partial charge on any atom is -0.319 e. The van der Waals surface area contributed by atoms with E-state index < -0.39 is 11.7 Å². The molecule has 0 atom stereocenters. The zero-order valence-corrected chi connectivity index (χ0v) is 8.75. The van der Waals surface area contributed by atoms with Crippen LogP contribution in [-0.2, 0) is 0 Å². The molecule has 0 aliphatic heterocycles. The third-order valence-corrected chi connectivity index (χ3v) is 2.16. The Labute approximate surface area is 95.4 Å². The van der Waals surface area contributed by atoms with Crippen LogP contribution in [0, 0.1) is 5.82 Å². The number of nitrogens with one attached hydrogen (secondary N) is 2. The van der Waals surface area contributed by atoms with Gasteiger partial charge in [0.25, 0.3) is 5.91 Å². The quantitative estimate of drug-likeness (QED) is 0.846. The number of hydrogen-bond acceptors (Lipinski definition) is 2. The Hall–Kier alpha value is -1.88. The maximum absolute atomic E-state index is 13.3. The number of amides is 1. The van der Waals surface area contributed by atoms with Gasteiger partial charge in [-0.2, -0.15) is 5.10 Å². The molecule has 0 saturated carbocycles. The van der Waals surface area contributed by atoms with Gasteiger partial charge >= 0.3 is 0 Å². The number of hydrogen-bond donors (Lipinski definition) is 2. The fraction of sp³-hybridized carbons (Fsp3) is 0. The summed E-state index contributed by atoms with van der Waals surface area (Å²) in [4.78, 5) is 11.6. The molecule has 0 fully saturated rings. The van der Waals surface area contributed by atoms with E-state index in [1.165, 1.54) is 24.5 Å². The molecule has 0 bridgehead atoms. The molecule has 2 aromatic rings. The van der Waals surface area contributed by atoms with Gasteiger partial charge in [-0.05, 0) is 18.2 Å². The Kier molecular flexibility index (Phi) is 2.87. The van der Waals surface area contributed by atoms with Crippen LogP contribution < -0.4 is 5.32 Å². The minimum absolute atomic E-state index is 0.103. The highest BCUT2D eigenvalue weighted by Crippen LogP contribution is 2.16. The molecule has 0 unspecified atom stereocenters. The van der Waals surface area contributed by atoms with Crippen molar-refractivity contribution in [2.45, 2.75) is 0 Å². The monoisotopic (exact) mass is 239 g/mol. The number of carbonyl (C=O) groups excluding carboxylic acids is 1. The van der Waals surface area contributed by atoms with Crippen LogP contribution in [0.25, 0.3) is 0 Å². The van der Waals surface area contributed by atoms with Gasteiger partial charge in [0, 0.05) is 11.2 Å². The zero-order chi connectivity index (χ0) is 11.5. The first-order valence-corrected chi connectivity index (χ1v) is 4.80. The van der Waals surface area contributed by atoms with Crippen molar-refractivity contribution in [1.29, 1.82) is 0 Å². The number of carbonyl (C=O) groups is 1. The molecule has 82 valence electrons. The van der Waals surface area contributed by atoms with E-state index in [-0.39, 0.29) is 5.56 Å². The van der Waals surface area contributed by atoms with Crippen LogP contribution in [0.1, 0.15) is 10.4 Å². The number of anilines is 1. The number of halogens is 2. The van der Waals surface area contributed by atoms with E-state index in [2.05, 4.69) is 15.5 Å². The van der Waals surface area contributed by atoms with Crippen molar-refractivity contribution < 1.29 is 9.18 Å². The van der Waals surface area contributed by atoms with Gasteiger partial charge in [-0.3, -0.25) is 9.89 Å². The third kappa shape index (κ3) is 2.20. The zero-order valence-electron chi connectivity index (χ0n) is 8.00. The minimum atomic E-state index is -0.620. The predicted octanol–water partition coefficient (Wildman–Crippen LogP) is 2.45. The summed E-state index contributed by atoms with van der Waals surface area (Å²) in [5.41, 5.74) is 0.359. The number of benzene rings is 1. The van der Waals surface area contributed by atoms with Gasteiger partial charge in [0.2, 0.25) is 0 Å². The van der Waals surface area contributed by atoms with Crippen LogP contribution in [0.5, 0.6) is 0 Å². The molecule has 1 amide bonds. The van der Waals surface area contributed by atoms with Crippen molar-refractivity contribution in [1.82, 2.24) is 10.2 Å². The fourth-order valence-electron chi connectivity index (χ4n) is 1.19. The second-order valence-electron chi connectivity index (χ2n) is 3.07. The first kappa shape index (κ1) is 10.6. The van der Waals surface area contributed by atoms with Crippen molar-refractivity contribution in [2.24, 2.45) is 0 Å². The van der Waals surface area contributed by atoms with Crippen molar-refractivity contribution in [3.63, 3.8) is 0 Å². The first-order valence-electron chi connectivity index (χ1n) is 4.42. The SMILES string of the molecule is O=C(Nc1cn[nH]c1)c1cc(Cl)ccc1F. The molecule has 1 heterocycles. The number of rotatable bonds is 2. The molecule has 0 radical (unpaired) electrons. The summed E-state index contributed by atoms with van der Waals surface area (Å²) >= 11 is 5.68. The van der Waals surface area contributed by atoms with Gasteiger partial charge in [-0.15, -0.1) is 0 Å². The molecule has 6 heteroatoms. The van der Waals surface area contributed by atoms with E-state index in [4.69, 9.17) is 11.6 Å². The summed E-state index contributed by atoms with van der Waals surface area (Å²) < 4.78 is 13.3. The highest BCUT2D eigenvalue weighted by molar-refractivity contribution is 6.31. The normalized spacial score (nSPS) is 10.1. The summed E-state index contributed by atoms with van der Waals surface area (Å²) in [5.74, 6) is -1.19. The van der Waals surface area contributed by atoms with E-state index >= 15 is 0 Å². The average Bonchev–Trinajstić information content (AvgIpc) is 2.74. The largest absolute Gasteiger partial charge is 0.319 e. The molecule has 0 saturated heterocycles. The molecule has 1 aromatic carbocycles. The molecule has 4 nitrogen and oxygen atoms in total.